The smallest absolute Gasteiger partial charge is 0.196 e. The van der Waals surface area contributed by atoms with E-state index in [2.05, 4.69) is 11.9 Å². The normalized spacial score (nSPS) is 40.0. The molecule has 120 valence electrons. The molecule has 1 spiro atoms. The van der Waals surface area contributed by atoms with Gasteiger partial charge in [0, 0.05) is 18.7 Å². The van der Waals surface area contributed by atoms with Crippen LogP contribution in [0, 0.1) is 0 Å². The summed E-state index contributed by atoms with van der Waals surface area (Å²) >= 11 is 0. The van der Waals surface area contributed by atoms with Gasteiger partial charge in [0.2, 0.25) is 0 Å². The minimum absolute atomic E-state index is 0.0376. The molecule has 1 saturated heterocycles. The number of hydrogen-bond acceptors (Lipinski definition) is 5. The molecule has 2 bridgehead atoms. The fourth-order valence-corrected chi connectivity index (χ4v) is 5.48. The molecule has 1 fully saturated rings. The number of carbonyl (C=O) groups is 1. The van der Waals surface area contributed by atoms with Gasteiger partial charge < -0.3 is 14.6 Å². The molecule has 2 aliphatic heterocycles. The standard InChI is InChI=1S/C18H19NO4/c1-19-8-7-17-14-10-3-4-11(20)15(14)23-16(17)12(21)5-6-18(17,22-2)13(19)9-10/h3-6,13,16,20H,7-9H2,1-2H3. The van der Waals surface area contributed by atoms with Gasteiger partial charge in [0.1, 0.15) is 5.60 Å². The maximum absolute atomic E-state index is 12.6. The van der Waals surface area contributed by atoms with Crippen molar-refractivity contribution in [3.05, 3.63) is 35.4 Å². The molecule has 5 rings (SSSR count). The van der Waals surface area contributed by atoms with Gasteiger partial charge in [0.25, 0.3) is 0 Å². The van der Waals surface area contributed by atoms with Crippen LogP contribution in [0.3, 0.4) is 0 Å². The first-order valence-corrected chi connectivity index (χ1v) is 8.05. The van der Waals surface area contributed by atoms with Crippen molar-refractivity contribution in [1.82, 2.24) is 4.90 Å². The second-order valence-electron chi connectivity index (χ2n) is 7.10. The highest BCUT2D eigenvalue weighted by molar-refractivity contribution is 5.99. The van der Waals surface area contributed by atoms with Gasteiger partial charge in [-0.15, -0.1) is 0 Å². The van der Waals surface area contributed by atoms with E-state index in [1.165, 1.54) is 0 Å². The fraction of sp³-hybridized carbons (Fsp3) is 0.500. The van der Waals surface area contributed by atoms with Crippen LogP contribution < -0.4 is 4.74 Å². The summed E-state index contributed by atoms with van der Waals surface area (Å²) in [6, 6.07) is 3.80. The van der Waals surface area contributed by atoms with E-state index in [1.807, 2.05) is 12.1 Å². The van der Waals surface area contributed by atoms with E-state index >= 15 is 0 Å². The number of carbonyl (C=O) groups excluding carboxylic acids is 1. The van der Waals surface area contributed by atoms with Crippen molar-refractivity contribution in [1.29, 1.82) is 0 Å². The maximum Gasteiger partial charge on any atom is 0.196 e. The number of phenols is 1. The Balaban J connectivity index is 1.91. The number of ketones is 1. The average Bonchev–Trinajstić information content (AvgIpc) is 2.91. The van der Waals surface area contributed by atoms with Crippen molar-refractivity contribution in [2.24, 2.45) is 0 Å². The van der Waals surface area contributed by atoms with Crippen LogP contribution >= 0.6 is 0 Å². The minimum Gasteiger partial charge on any atom is -0.504 e. The number of likely N-dealkylation sites (N-methyl/N-ethyl adjacent to an activating group) is 1. The average molecular weight is 313 g/mol. The molecular weight excluding hydrogens is 294 g/mol. The first-order valence-electron chi connectivity index (χ1n) is 8.05. The lowest BCUT2D eigenvalue weighted by Gasteiger charge is -2.61. The molecular formula is C18H19NO4. The van der Waals surface area contributed by atoms with Gasteiger partial charge in [-0.25, -0.2) is 0 Å². The molecule has 0 aromatic heterocycles. The Morgan fingerprint density at radius 2 is 2.26 bits per heavy atom. The number of aromatic hydroxyl groups is 1. The van der Waals surface area contributed by atoms with Crippen LogP contribution in [0.25, 0.3) is 0 Å². The highest BCUT2D eigenvalue weighted by Crippen LogP contribution is 2.64. The van der Waals surface area contributed by atoms with E-state index < -0.39 is 17.1 Å². The zero-order valence-corrected chi connectivity index (χ0v) is 13.2. The highest BCUT2D eigenvalue weighted by atomic mass is 16.5. The number of nitrogens with zero attached hydrogens (tertiary/aromatic N) is 1. The molecule has 0 amide bonds. The predicted molar refractivity (Wildman–Crippen MR) is 82.8 cm³/mol. The van der Waals surface area contributed by atoms with Crippen LogP contribution in [0.4, 0.5) is 0 Å². The molecule has 4 unspecified atom stereocenters. The summed E-state index contributed by atoms with van der Waals surface area (Å²) in [5.41, 5.74) is 1.02. The van der Waals surface area contributed by atoms with E-state index in [0.717, 1.165) is 30.5 Å². The van der Waals surface area contributed by atoms with Gasteiger partial charge in [-0.05, 0) is 50.2 Å². The quantitative estimate of drug-likeness (QED) is 0.843. The van der Waals surface area contributed by atoms with E-state index in [-0.39, 0.29) is 17.6 Å². The summed E-state index contributed by atoms with van der Waals surface area (Å²) in [5.74, 6) is 0.557. The molecule has 23 heavy (non-hydrogen) atoms. The third-order valence-electron chi connectivity index (χ3n) is 6.44. The van der Waals surface area contributed by atoms with E-state index in [4.69, 9.17) is 9.47 Å². The Morgan fingerprint density at radius 1 is 1.43 bits per heavy atom. The summed E-state index contributed by atoms with van der Waals surface area (Å²) < 4.78 is 12.2. The van der Waals surface area contributed by atoms with Gasteiger partial charge in [0.05, 0.1) is 5.41 Å². The summed E-state index contributed by atoms with van der Waals surface area (Å²) in [7, 11) is 3.83. The topological polar surface area (TPSA) is 59.0 Å². The number of ether oxygens (including phenoxy) is 2. The van der Waals surface area contributed by atoms with Crippen molar-refractivity contribution >= 4 is 5.78 Å². The van der Waals surface area contributed by atoms with Crippen molar-refractivity contribution < 1.29 is 19.4 Å². The molecule has 4 aliphatic rings. The Bertz CT molecular complexity index is 773. The Hall–Kier alpha value is -1.85. The van der Waals surface area contributed by atoms with Gasteiger partial charge >= 0.3 is 0 Å². The molecule has 1 aromatic carbocycles. The number of methoxy groups -OCH3 is 1. The van der Waals surface area contributed by atoms with Crippen LogP contribution in [-0.4, -0.2) is 54.2 Å². The number of phenolic OH excluding ortho intramolecular Hbond substituents is 1. The second kappa shape index (κ2) is 3.97. The summed E-state index contributed by atoms with van der Waals surface area (Å²) in [4.78, 5) is 14.9. The zero-order chi connectivity index (χ0) is 16.0. The number of benzene rings is 1. The lowest BCUT2D eigenvalue weighted by molar-refractivity contribution is -0.162. The van der Waals surface area contributed by atoms with Crippen molar-refractivity contribution in [2.75, 3.05) is 20.7 Å². The monoisotopic (exact) mass is 313 g/mol. The molecule has 5 nitrogen and oxygen atoms in total. The van der Waals surface area contributed by atoms with Crippen LogP contribution in [0.5, 0.6) is 11.5 Å². The first kappa shape index (κ1) is 13.6. The molecule has 1 N–H and O–H groups in total. The van der Waals surface area contributed by atoms with Crippen molar-refractivity contribution in [3.8, 4) is 11.5 Å². The van der Waals surface area contributed by atoms with Crippen LogP contribution in [-0.2, 0) is 21.4 Å². The van der Waals surface area contributed by atoms with E-state index in [0.29, 0.717) is 5.75 Å². The van der Waals surface area contributed by atoms with Crippen LogP contribution in [0.15, 0.2) is 24.3 Å². The van der Waals surface area contributed by atoms with E-state index in [9.17, 15) is 9.90 Å². The third-order valence-corrected chi connectivity index (χ3v) is 6.44. The zero-order valence-electron chi connectivity index (χ0n) is 13.2. The molecule has 1 aromatic rings. The summed E-state index contributed by atoms with van der Waals surface area (Å²) in [5, 5.41) is 10.3. The number of piperidine rings is 1. The van der Waals surface area contributed by atoms with E-state index in [1.54, 1.807) is 19.3 Å². The van der Waals surface area contributed by atoms with Gasteiger partial charge in [-0.3, -0.25) is 9.69 Å². The van der Waals surface area contributed by atoms with Gasteiger partial charge in [0.15, 0.2) is 23.4 Å². The highest BCUT2D eigenvalue weighted by Gasteiger charge is 2.72. The predicted octanol–water partition coefficient (Wildman–Crippen LogP) is 1.18. The molecule has 0 saturated carbocycles. The largest absolute Gasteiger partial charge is 0.504 e. The Morgan fingerprint density at radius 3 is 3.04 bits per heavy atom. The van der Waals surface area contributed by atoms with Crippen molar-refractivity contribution in [3.63, 3.8) is 0 Å². The third kappa shape index (κ3) is 1.24. The number of hydrogen-bond donors (Lipinski definition) is 1. The molecule has 0 radical (unpaired) electrons. The SMILES string of the molecule is COC12C=CC(=O)C3Oc4c(O)ccc5c4C31CCN(C)C2C5. The minimum atomic E-state index is -0.606. The Kier molecular flexibility index (Phi) is 2.34. The van der Waals surface area contributed by atoms with Crippen LogP contribution in [0.1, 0.15) is 17.5 Å². The van der Waals surface area contributed by atoms with Crippen molar-refractivity contribution in [2.45, 2.75) is 36.0 Å². The molecule has 5 heteroatoms. The first-order chi connectivity index (χ1) is 11.0. The number of rotatable bonds is 1. The molecule has 2 aliphatic carbocycles. The summed E-state index contributed by atoms with van der Waals surface area (Å²) in [6.45, 7) is 0.880. The Labute approximate surface area is 134 Å². The van der Waals surface area contributed by atoms with Crippen LogP contribution in [0.2, 0.25) is 0 Å². The molecule has 4 atom stereocenters. The van der Waals surface area contributed by atoms with Gasteiger partial charge in [-0.1, -0.05) is 6.07 Å². The second-order valence-corrected chi connectivity index (χ2v) is 7.10. The molecule has 2 heterocycles. The maximum atomic E-state index is 12.6. The number of likely N-dealkylation sites (tertiary alicyclic amines) is 1. The van der Waals surface area contributed by atoms with Gasteiger partial charge in [-0.2, -0.15) is 0 Å². The lowest BCUT2D eigenvalue weighted by Crippen LogP contribution is -2.75. The summed E-state index contributed by atoms with van der Waals surface area (Å²) in [6.07, 6.45) is 4.54. The lowest BCUT2D eigenvalue weighted by atomic mass is 9.50. The fourth-order valence-electron chi connectivity index (χ4n) is 5.48.